The van der Waals surface area contributed by atoms with Crippen LogP contribution < -0.4 is 0 Å². The Bertz CT molecular complexity index is 189. The van der Waals surface area contributed by atoms with Gasteiger partial charge in [-0.15, -0.1) is 0 Å². The van der Waals surface area contributed by atoms with Crippen LogP contribution in [0.2, 0.25) is 0 Å². The lowest BCUT2D eigenvalue weighted by molar-refractivity contribution is -0.128. The summed E-state index contributed by atoms with van der Waals surface area (Å²) in [5.41, 5.74) is 0. The zero-order valence-corrected chi connectivity index (χ0v) is 9.58. The van der Waals surface area contributed by atoms with Crippen molar-refractivity contribution in [3.63, 3.8) is 0 Å². The Morgan fingerprint density at radius 3 is 2.86 bits per heavy atom. The molecule has 0 spiro atoms. The van der Waals surface area contributed by atoms with Crippen molar-refractivity contribution >= 4 is 5.78 Å². The van der Waals surface area contributed by atoms with Crippen LogP contribution in [-0.2, 0) is 9.53 Å². The topological polar surface area (TPSA) is 26.3 Å². The van der Waals surface area contributed by atoms with E-state index in [4.69, 9.17) is 4.74 Å². The van der Waals surface area contributed by atoms with Crippen molar-refractivity contribution in [2.24, 2.45) is 17.8 Å². The number of methoxy groups -OCH3 is 1. The number of Topliss-reactive ketones (excluding diaryl/α,β-unsaturated/α-hetero) is 1. The summed E-state index contributed by atoms with van der Waals surface area (Å²) in [7, 11) is 1.71. The molecule has 0 amide bonds. The summed E-state index contributed by atoms with van der Waals surface area (Å²) in [6, 6.07) is 0. The third kappa shape index (κ3) is 2.81. The summed E-state index contributed by atoms with van der Waals surface area (Å²) in [5, 5.41) is 0. The van der Waals surface area contributed by atoms with Crippen LogP contribution in [0, 0.1) is 17.8 Å². The van der Waals surface area contributed by atoms with Gasteiger partial charge in [0.15, 0.2) is 0 Å². The van der Waals surface area contributed by atoms with Gasteiger partial charge in [0.25, 0.3) is 0 Å². The molecule has 3 unspecified atom stereocenters. The molecule has 0 saturated heterocycles. The van der Waals surface area contributed by atoms with E-state index in [1.54, 1.807) is 7.11 Å². The third-order valence-electron chi connectivity index (χ3n) is 3.49. The van der Waals surface area contributed by atoms with Crippen LogP contribution in [0.1, 0.15) is 39.5 Å². The highest BCUT2D eigenvalue weighted by Gasteiger charge is 2.31. The van der Waals surface area contributed by atoms with Gasteiger partial charge in [0, 0.05) is 26.1 Å². The molecule has 0 aromatic heterocycles. The summed E-state index contributed by atoms with van der Waals surface area (Å²) in [6.45, 7) is 5.06. The second kappa shape index (κ2) is 5.50. The zero-order chi connectivity index (χ0) is 10.6. The van der Waals surface area contributed by atoms with Gasteiger partial charge in [-0.05, 0) is 24.7 Å². The molecule has 2 nitrogen and oxygen atoms in total. The molecule has 1 fully saturated rings. The van der Waals surface area contributed by atoms with Crippen LogP contribution in [0.25, 0.3) is 0 Å². The highest BCUT2D eigenvalue weighted by Crippen LogP contribution is 2.32. The van der Waals surface area contributed by atoms with Gasteiger partial charge in [0.1, 0.15) is 5.78 Å². The van der Waals surface area contributed by atoms with Crippen LogP contribution in [0.3, 0.4) is 0 Å². The Labute approximate surface area is 87.0 Å². The van der Waals surface area contributed by atoms with Gasteiger partial charge >= 0.3 is 0 Å². The Morgan fingerprint density at radius 1 is 1.57 bits per heavy atom. The molecule has 0 radical (unpaired) electrons. The molecule has 0 aromatic carbocycles. The highest BCUT2D eigenvalue weighted by atomic mass is 16.5. The molecule has 1 aliphatic carbocycles. The minimum atomic E-state index is 0.258. The molecular weight excluding hydrogens is 176 g/mol. The Balaban J connectivity index is 2.51. The van der Waals surface area contributed by atoms with Crippen molar-refractivity contribution in [2.75, 3.05) is 13.7 Å². The summed E-state index contributed by atoms with van der Waals surface area (Å²) in [5.74, 6) is 1.87. The monoisotopic (exact) mass is 198 g/mol. The number of ether oxygens (including phenoxy) is 1. The summed E-state index contributed by atoms with van der Waals surface area (Å²) >= 11 is 0. The van der Waals surface area contributed by atoms with E-state index in [2.05, 4.69) is 13.8 Å². The van der Waals surface area contributed by atoms with Gasteiger partial charge in [-0.25, -0.2) is 0 Å². The molecule has 0 aromatic rings. The average molecular weight is 198 g/mol. The van der Waals surface area contributed by atoms with E-state index < -0.39 is 0 Å². The quantitative estimate of drug-likeness (QED) is 0.694. The minimum Gasteiger partial charge on any atom is -0.384 e. The highest BCUT2D eigenvalue weighted by molar-refractivity contribution is 5.82. The van der Waals surface area contributed by atoms with Crippen molar-refractivity contribution in [3.05, 3.63) is 0 Å². The molecule has 1 rings (SSSR count). The van der Waals surface area contributed by atoms with Crippen LogP contribution in [0.4, 0.5) is 0 Å². The van der Waals surface area contributed by atoms with Gasteiger partial charge < -0.3 is 4.74 Å². The first kappa shape index (κ1) is 11.7. The average Bonchev–Trinajstić information content (AvgIpc) is 2.19. The van der Waals surface area contributed by atoms with Crippen LogP contribution in [0.15, 0.2) is 0 Å². The van der Waals surface area contributed by atoms with E-state index in [0.717, 1.165) is 25.2 Å². The number of ketones is 1. The molecule has 0 aliphatic heterocycles. The standard InChI is InChI=1S/C12H22O2/c1-4-10-5-6-12(13)11(7-10)9(2)8-14-3/h9-11H,4-8H2,1-3H3. The molecule has 2 heteroatoms. The van der Waals surface area contributed by atoms with E-state index in [0.29, 0.717) is 18.3 Å². The fourth-order valence-electron chi connectivity index (χ4n) is 2.44. The first-order valence-corrected chi connectivity index (χ1v) is 5.70. The molecule has 0 N–H and O–H groups in total. The van der Waals surface area contributed by atoms with Gasteiger partial charge in [0.05, 0.1) is 0 Å². The SMILES string of the molecule is CCC1CCC(=O)C(C(C)COC)C1. The Kier molecular flexibility index (Phi) is 4.59. The van der Waals surface area contributed by atoms with Crippen molar-refractivity contribution in [2.45, 2.75) is 39.5 Å². The van der Waals surface area contributed by atoms with Crippen LogP contribution in [-0.4, -0.2) is 19.5 Å². The van der Waals surface area contributed by atoms with Crippen molar-refractivity contribution in [1.29, 1.82) is 0 Å². The maximum Gasteiger partial charge on any atom is 0.136 e. The van der Waals surface area contributed by atoms with E-state index in [-0.39, 0.29) is 5.92 Å². The molecule has 1 aliphatic rings. The first-order valence-electron chi connectivity index (χ1n) is 5.70. The van der Waals surface area contributed by atoms with Crippen molar-refractivity contribution in [3.8, 4) is 0 Å². The predicted octanol–water partition coefficient (Wildman–Crippen LogP) is 2.66. The summed E-state index contributed by atoms with van der Waals surface area (Å²) < 4.78 is 5.12. The van der Waals surface area contributed by atoms with Crippen molar-refractivity contribution < 1.29 is 9.53 Å². The number of rotatable bonds is 4. The second-order valence-electron chi connectivity index (χ2n) is 4.55. The number of carbonyl (C=O) groups excluding carboxylic acids is 1. The van der Waals surface area contributed by atoms with Gasteiger partial charge in [-0.3, -0.25) is 4.79 Å². The molecule has 0 heterocycles. The second-order valence-corrected chi connectivity index (χ2v) is 4.55. The van der Waals surface area contributed by atoms with E-state index >= 15 is 0 Å². The summed E-state index contributed by atoms with van der Waals surface area (Å²) in [4.78, 5) is 11.7. The van der Waals surface area contributed by atoms with Crippen LogP contribution in [0.5, 0.6) is 0 Å². The molecular formula is C12H22O2. The Hall–Kier alpha value is -0.370. The largest absolute Gasteiger partial charge is 0.384 e. The number of carbonyl (C=O) groups is 1. The Morgan fingerprint density at radius 2 is 2.29 bits per heavy atom. The fourth-order valence-corrected chi connectivity index (χ4v) is 2.44. The maximum atomic E-state index is 11.7. The summed E-state index contributed by atoms with van der Waals surface area (Å²) in [6.07, 6.45) is 4.19. The van der Waals surface area contributed by atoms with Gasteiger partial charge in [-0.1, -0.05) is 20.3 Å². The lowest BCUT2D eigenvalue weighted by Crippen LogP contribution is -2.31. The van der Waals surface area contributed by atoms with Gasteiger partial charge in [0.2, 0.25) is 0 Å². The van der Waals surface area contributed by atoms with Crippen LogP contribution >= 0.6 is 0 Å². The third-order valence-corrected chi connectivity index (χ3v) is 3.49. The van der Waals surface area contributed by atoms with E-state index in [9.17, 15) is 4.79 Å². The van der Waals surface area contributed by atoms with E-state index in [1.807, 2.05) is 0 Å². The number of hydrogen-bond donors (Lipinski definition) is 0. The molecule has 14 heavy (non-hydrogen) atoms. The normalized spacial score (nSPS) is 30.4. The fraction of sp³-hybridized carbons (Fsp3) is 0.917. The first-order chi connectivity index (χ1) is 6.69. The lowest BCUT2D eigenvalue weighted by atomic mass is 9.74. The molecule has 3 atom stereocenters. The molecule has 0 bridgehead atoms. The molecule has 82 valence electrons. The van der Waals surface area contributed by atoms with Crippen molar-refractivity contribution in [1.82, 2.24) is 0 Å². The molecule has 1 saturated carbocycles. The zero-order valence-electron chi connectivity index (χ0n) is 9.58. The maximum absolute atomic E-state index is 11.7. The number of hydrogen-bond acceptors (Lipinski definition) is 2. The lowest BCUT2D eigenvalue weighted by Gasteiger charge is -2.31. The minimum absolute atomic E-state index is 0.258. The predicted molar refractivity (Wildman–Crippen MR) is 57.2 cm³/mol. The smallest absolute Gasteiger partial charge is 0.136 e. The van der Waals surface area contributed by atoms with E-state index in [1.165, 1.54) is 6.42 Å². The van der Waals surface area contributed by atoms with Gasteiger partial charge in [-0.2, -0.15) is 0 Å².